The van der Waals surface area contributed by atoms with Crippen LogP contribution in [0.5, 0.6) is 0 Å². The van der Waals surface area contributed by atoms with Crippen LogP contribution in [-0.2, 0) is 16.1 Å². The standard InChI is InChI=1S/C14H17FN2O2/c1-3-17(7-6-14(18)19-2)10-11-4-5-13(15)12(8-11)9-16/h4-5,8H,3,6-7,10H2,1-2H3. The number of nitriles is 1. The summed E-state index contributed by atoms with van der Waals surface area (Å²) in [6.07, 6.45) is 0.316. The van der Waals surface area contributed by atoms with Crippen LogP contribution in [0, 0.1) is 17.1 Å². The van der Waals surface area contributed by atoms with Crippen molar-refractivity contribution in [2.75, 3.05) is 20.2 Å². The van der Waals surface area contributed by atoms with E-state index in [1.54, 1.807) is 6.07 Å². The molecule has 0 saturated carbocycles. The molecule has 0 fully saturated rings. The Balaban J connectivity index is 2.65. The zero-order valence-corrected chi connectivity index (χ0v) is 11.1. The molecule has 0 aliphatic carbocycles. The van der Waals surface area contributed by atoms with Crippen molar-refractivity contribution in [1.29, 1.82) is 5.26 Å². The molecule has 19 heavy (non-hydrogen) atoms. The Morgan fingerprint density at radius 1 is 1.53 bits per heavy atom. The normalized spacial score (nSPS) is 10.3. The van der Waals surface area contributed by atoms with Gasteiger partial charge in [0, 0.05) is 13.1 Å². The van der Waals surface area contributed by atoms with E-state index in [2.05, 4.69) is 4.74 Å². The number of benzene rings is 1. The molecule has 102 valence electrons. The molecule has 0 radical (unpaired) electrons. The van der Waals surface area contributed by atoms with Crippen molar-refractivity contribution in [2.45, 2.75) is 19.9 Å². The number of carbonyl (C=O) groups excluding carboxylic acids is 1. The van der Waals surface area contributed by atoms with Crippen LogP contribution < -0.4 is 0 Å². The molecule has 0 aliphatic rings. The maximum Gasteiger partial charge on any atom is 0.306 e. The fraction of sp³-hybridized carbons (Fsp3) is 0.429. The van der Waals surface area contributed by atoms with Gasteiger partial charge in [0.1, 0.15) is 11.9 Å². The van der Waals surface area contributed by atoms with Gasteiger partial charge in [0.05, 0.1) is 19.1 Å². The number of nitrogens with zero attached hydrogens (tertiary/aromatic N) is 2. The smallest absolute Gasteiger partial charge is 0.306 e. The van der Waals surface area contributed by atoms with Crippen LogP contribution >= 0.6 is 0 Å². The Hall–Kier alpha value is -1.93. The van der Waals surface area contributed by atoms with E-state index in [0.29, 0.717) is 19.5 Å². The van der Waals surface area contributed by atoms with Gasteiger partial charge in [0.25, 0.3) is 0 Å². The molecule has 0 heterocycles. The Morgan fingerprint density at radius 3 is 2.84 bits per heavy atom. The maximum absolute atomic E-state index is 13.2. The molecular formula is C14H17FN2O2. The van der Waals surface area contributed by atoms with E-state index in [4.69, 9.17) is 5.26 Å². The van der Waals surface area contributed by atoms with Crippen LogP contribution in [0.15, 0.2) is 18.2 Å². The fourth-order valence-electron chi connectivity index (χ4n) is 1.72. The number of esters is 1. The van der Waals surface area contributed by atoms with E-state index in [9.17, 15) is 9.18 Å². The summed E-state index contributed by atoms with van der Waals surface area (Å²) < 4.78 is 17.8. The molecule has 0 N–H and O–H groups in total. The maximum atomic E-state index is 13.2. The third-order valence-electron chi connectivity index (χ3n) is 2.86. The molecule has 0 atom stereocenters. The van der Waals surface area contributed by atoms with Crippen LogP contribution in [0.4, 0.5) is 4.39 Å². The van der Waals surface area contributed by atoms with Gasteiger partial charge in [-0.1, -0.05) is 13.0 Å². The highest BCUT2D eigenvalue weighted by atomic mass is 19.1. The summed E-state index contributed by atoms with van der Waals surface area (Å²) in [5.74, 6) is -0.765. The highest BCUT2D eigenvalue weighted by Gasteiger charge is 2.09. The second kappa shape index (κ2) is 7.49. The Labute approximate surface area is 112 Å². The zero-order valence-electron chi connectivity index (χ0n) is 11.1. The van der Waals surface area contributed by atoms with Gasteiger partial charge in [-0.05, 0) is 24.2 Å². The van der Waals surface area contributed by atoms with Crippen molar-refractivity contribution in [3.8, 4) is 6.07 Å². The summed E-state index contributed by atoms with van der Waals surface area (Å²) in [6, 6.07) is 6.30. The fourth-order valence-corrected chi connectivity index (χ4v) is 1.72. The molecule has 0 bridgehead atoms. The van der Waals surface area contributed by atoms with E-state index < -0.39 is 5.82 Å². The summed E-state index contributed by atoms with van der Waals surface area (Å²) >= 11 is 0. The lowest BCUT2D eigenvalue weighted by atomic mass is 10.1. The summed E-state index contributed by atoms with van der Waals surface area (Å²) in [4.78, 5) is 13.1. The number of hydrogen-bond acceptors (Lipinski definition) is 4. The third-order valence-corrected chi connectivity index (χ3v) is 2.86. The second-order valence-electron chi connectivity index (χ2n) is 4.12. The molecule has 1 aromatic rings. The lowest BCUT2D eigenvalue weighted by molar-refractivity contribution is -0.141. The second-order valence-corrected chi connectivity index (χ2v) is 4.12. The van der Waals surface area contributed by atoms with Crippen molar-refractivity contribution in [2.24, 2.45) is 0 Å². The van der Waals surface area contributed by atoms with Gasteiger partial charge in [-0.3, -0.25) is 9.69 Å². The minimum Gasteiger partial charge on any atom is -0.469 e. The first-order valence-corrected chi connectivity index (χ1v) is 6.08. The molecule has 5 heteroatoms. The highest BCUT2D eigenvalue weighted by molar-refractivity contribution is 5.69. The summed E-state index contributed by atoms with van der Waals surface area (Å²) in [6.45, 7) is 3.88. The Kier molecular flexibility index (Phi) is 5.97. The molecule has 0 aliphatic heterocycles. The average molecular weight is 264 g/mol. The molecule has 1 rings (SSSR count). The Bertz CT molecular complexity index is 483. The monoisotopic (exact) mass is 264 g/mol. The van der Waals surface area contributed by atoms with Crippen molar-refractivity contribution in [3.05, 3.63) is 35.1 Å². The van der Waals surface area contributed by atoms with E-state index in [-0.39, 0.29) is 11.5 Å². The Morgan fingerprint density at radius 2 is 2.26 bits per heavy atom. The summed E-state index contributed by atoms with van der Waals surface area (Å²) in [7, 11) is 1.36. The van der Waals surface area contributed by atoms with Gasteiger partial charge in [0.2, 0.25) is 0 Å². The first-order valence-electron chi connectivity index (χ1n) is 6.08. The van der Waals surface area contributed by atoms with Crippen LogP contribution in [0.25, 0.3) is 0 Å². The molecule has 0 amide bonds. The number of ether oxygens (including phenoxy) is 1. The highest BCUT2D eigenvalue weighted by Crippen LogP contribution is 2.12. The molecular weight excluding hydrogens is 247 g/mol. The molecule has 0 spiro atoms. The van der Waals surface area contributed by atoms with E-state index in [1.165, 1.54) is 19.2 Å². The van der Waals surface area contributed by atoms with Gasteiger partial charge in [0.15, 0.2) is 0 Å². The quantitative estimate of drug-likeness (QED) is 0.738. The summed E-state index contributed by atoms with van der Waals surface area (Å²) in [5, 5.41) is 8.78. The van der Waals surface area contributed by atoms with Crippen molar-refractivity contribution >= 4 is 5.97 Å². The van der Waals surface area contributed by atoms with Crippen LogP contribution in [0.3, 0.4) is 0 Å². The zero-order chi connectivity index (χ0) is 14.3. The lowest BCUT2D eigenvalue weighted by Crippen LogP contribution is -2.26. The number of hydrogen-bond donors (Lipinski definition) is 0. The molecule has 1 aromatic carbocycles. The average Bonchev–Trinajstić information content (AvgIpc) is 2.44. The van der Waals surface area contributed by atoms with Crippen LogP contribution in [0.2, 0.25) is 0 Å². The topological polar surface area (TPSA) is 53.3 Å². The van der Waals surface area contributed by atoms with Crippen LogP contribution in [0.1, 0.15) is 24.5 Å². The number of carbonyl (C=O) groups is 1. The number of halogens is 1. The van der Waals surface area contributed by atoms with Crippen LogP contribution in [-0.4, -0.2) is 31.1 Å². The lowest BCUT2D eigenvalue weighted by Gasteiger charge is -2.19. The first kappa shape index (κ1) is 15.1. The molecule has 0 saturated heterocycles. The van der Waals surface area contributed by atoms with Crippen molar-refractivity contribution in [1.82, 2.24) is 4.90 Å². The van der Waals surface area contributed by atoms with Gasteiger partial charge < -0.3 is 4.74 Å². The molecule has 0 aromatic heterocycles. The summed E-state index contributed by atoms with van der Waals surface area (Å²) in [5.41, 5.74) is 0.895. The van der Waals surface area contributed by atoms with Crippen molar-refractivity contribution in [3.63, 3.8) is 0 Å². The number of rotatable bonds is 6. The van der Waals surface area contributed by atoms with E-state index in [1.807, 2.05) is 17.9 Å². The molecule has 0 unspecified atom stereocenters. The predicted octanol–water partition coefficient (Wildman–Crippen LogP) is 2.08. The predicted molar refractivity (Wildman–Crippen MR) is 68.7 cm³/mol. The minimum atomic E-state index is -0.510. The first-order chi connectivity index (χ1) is 9.10. The minimum absolute atomic E-state index is 0.0431. The largest absolute Gasteiger partial charge is 0.469 e. The van der Waals surface area contributed by atoms with Gasteiger partial charge in [-0.15, -0.1) is 0 Å². The SMILES string of the molecule is CCN(CCC(=O)OC)Cc1ccc(F)c(C#N)c1. The van der Waals surface area contributed by atoms with Gasteiger partial charge in [-0.2, -0.15) is 5.26 Å². The van der Waals surface area contributed by atoms with E-state index >= 15 is 0 Å². The van der Waals surface area contributed by atoms with Gasteiger partial charge >= 0.3 is 5.97 Å². The van der Waals surface area contributed by atoms with Crippen molar-refractivity contribution < 1.29 is 13.9 Å². The number of methoxy groups -OCH3 is 1. The van der Waals surface area contributed by atoms with Gasteiger partial charge in [-0.25, -0.2) is 4.39 Å². The van der Waals surface area contributed by atoms with E-state index in [0.717, 1.165) is 12.1 Å². The third kappa shape index (κ3) is 4.68. The molecule has 4 nitrogen and oxygen atoms in total.